The number of methoxy groups -OCH3 is 1. The Morgan fingerprint density at radius 3 is 2.70 bits per heavy atom. The van der Waals surface area contributed by atoms with E-state index in [9.17, 15) is 14.7 Å². The van der Waals surface area contributed by atoms with Gasteiger partial charge in [0, 0.05) is 18.5 Å². The predicted molar refractivity (Wildman–Crippen MR) is 143 cm³/mol. The maximum absolute atomic E-state index is 13.1. The van der Waals surface area contributed by atoms with Gasteiger partial charge in [-0.15, -0.1) is 0 Å². The van der Waals surface area contributed by atoms with Gasteiger partial charge in [0.25, 0.3) is 5.91 Å². The van der Waals surface area contributed by atoms with Gasteiger partial charge in [0.05, 0.1) is 36.3 Å². The molecule has 0 bridgehead atoms. The first-order valence-corrected chi connectivity index (χ1v) is 12.7. The van der Waals surface area contributed by atoms with Gasteiger partial charge < -0.3 is 29.8 Å². The number of hydrogen-bond acceptors (Lipinski definition) is 7. The van der Waals surface area contributed by atoms with Crippen molar-refractivity contribution in [3.8, 4) is 0 Å². The fraction of sp³-hybridized carbons (Fsp3) is 0.464. The molecule has 2 aromatic heterocycles. The molecule has 1 saturated heterocycles. The van der Waals surface area contributed by atoms with Crippen molar-refractivity contribution in [1.29, 1.82) is 0 Å². The largest absolute Gasteiger partial charge is 0.464 e. The Hall–Kier alpha value is -3.43. The average Bonchev–Trinajstić information content (AvgIpc) is 3.51. The van der Waals surface area contributed by atoms with Crippen molar-refractivity contribution in [2.75, 3.05) is 24.4 Å². The molecule has 2 atom stereocenters. The van der Waals surface area contributed by atoms with E-state index in [1.165, 1.54) is 12.7 Å². The number of rotatable bonds is 10. The molecular formula is C28H36N4O5. The summed E-state index contributed by atoms with van der Waals surface area (Å²) in [5, 5.41) is 17.2. The molecule has 37 heavy (non-hydrogen) atoms. The van der Waals surface area contributed by atoms with E-state index in [1.807, 2.05) is 35.8 Å². The van der Waals surface area contributed by atoms with Gasteiger partial charge in [0.1, 0.15) is 11.8 Å². The highest BCUT2D eigenvalue weighted by Crippen LogP contribution is 2.34. The number of aliphatic hydroxyl groups is 1. The summed E-state index contributed by atoms with van der Waals surface area (Å²) >= 11 is 0. The maximum Gasteiger partial charge on any atom is 0.356 e. The van der Waals surface area contributed by atoms with Crippen molar-refractivity contribution in [2.24, 2.45) is 0 Å². The molecule has 3 aromatic rings. The van der Waals surface area contributed by atoms with Crippen LogP contribution < -0.4 is 10.6 Å². The second-order valence-corrected chi connectivity index (χ2v) is 10.1. The van der Waals surface area contributed by atoms with Gasteiger partial charge in [-0.1, -0.05) is 30.3 Å². The van der Waals surface area contributed by atoms with E-state index in [0.29, 0.717) is 42.0 Å². The molecule has 198 valence electrons. The molecule has 1 aliphatic heterocycles. The summed E-state index contributed by atoms with van der Waals surface area (Å²) in [7, 11) is 1.32. The first kappa shape index (κ1) is 26.6. The Balaban J connectivity index is 1.75. The van der Waals surface area contributed by atoms with Crippen molar-refractivity contribution in [3.05, 3.63) is 53.9 Å². The highest BCUT2D eigenvalue weighted by atomic mass is 16.5. The minimum absolute atomic E-state index is 0.247. The van der Waals surface area contributed by atoms with Crippen LogP contribution in [0.5, 0.6) is 0 Å². The number of benzene rings is 1. The van der Waals surface area contributed by atoms with Crippen molar-refractivity contribution in [3.63, 3.8) is 0 Å². The Kier molecular flexibility index (Phi) is 8.14. The first-order chi connectivity index (χ1) is 17.7. The second-order valence-electron chi connectivity index (χ2n) is 10.1. The smallest absolute Gasteiger partial charge is 0.356 e. The summed E-state index contributed by atoms with van der Waals surface area (Å²) in [4.78, 5) is 30.8. The molecule has 0 radical (unpaired) electrons. The number of nitrogens with zero attached hydrogens (tertiary/aromatic N) is 2. The zero-order valence-electron chi connectivity index (χ0n) is 21.9. The number of fused-ring (bicyclic) bond motifs is 1. The number of nitrogens with one attached hydrogen (secondary N) is 2. The molecule has 1 fully saturated rings. The van der Waals surface area contributed by atoms with Crippen molar-refractivity contribution in [1.82, 2.24) is 9.55 Å². The van der Waals surface area contributed by atoms with Gasteiger partial charge in [0.2, 0.25) is 0 Å². The molecule has 1 amide bonds. The average molecular weight is 509 g/mol. The fourth-order valence-electron chi connectivity index (χ4n) is 4.46. The summed E-state index contributed by atoms with van der Waals surface area (Å²) < 4.78 is 12.5. The Bertz CT molecular complexity index is 1240. The highest BCUT2D eigenvalue weighted by Gasteiger charge is 2.30. The Morgan fingerprint density at radius 2 is 2.05 bits per heavy atom. The number of pyridine rings is 1. The van der Waals surface area contributed by atoms with Crippen LogP contribution in [-0.4, -0.2) is 58.0 Å². The number of ether oxygens (including phenoxy) is 2. The third kappa shape index (κ3) is 6.11. The van der Waals surface area contributed by atoms with Crippen LogP contribution in [0.2, 0.25) is 0 Å². The molecule has 9 nitrogen and oxygen atoms in total. The number of carbonyl (C=O) groups is 2. The van der Waals surface area contributed by atoms with Crippen LogP contribution in [0.25, 0.3) is 11.0 Å². The van der Waals surface area contributed by atoms with Crippen LogP contribution in [0.1, 0.15) is 56.1 Å². The molecule has 3 N–H and O–H groups in total. The van der Waals surface area contributed by atoms with E-state index in [-0.39, 0.29) is 17.6 Å². The van der Waals surface area contributed by atoms with E-state index in [1.54, 1.807) is 20.0 Å². The first-order valence-electron chi connectivity index (χ1n) is 12.7. The number of carbonyl (C=O) groups excluding carboxylic acids is 2. The lowest BCUT2D eigenvalue weighted by molar-refractivity contribution is -0.124. The van der Waals surface area contributed by atoms with Gasteiger partial charge in [-0.3, -0.25) is 4.79 Å². The normalized spacial score (nSPS) is 16.5. The fourth-order valence-corrected chi connectivity index (χ4v) is 4.46. The number of hydrogen-bond donors (Lipinski definition) is 3. The number of aromatic nitrogens is 2. The standard InChI is InChI=1S/C28H36N4O5/c1-18(28(2,3)35)30-20-16-21-23(31-26(33)22-13-9-15-37-22)24(27(34)36-4)32(25(21)29-17-20)14-8-12-19-10-6-5-7-11-19/h5-7,10-11,16-18,22,30,35H,8-9,12-15H2,1-4H3,(H,31,33). The molecule has 0 aliphatic carbocycles. The Labute approximate surface area is 217 Å². The summed E-state index contributed by atoms with van der Waals surface area (Å²) in [5.74, 6) is -0.853. The van der Waals surface area contributed by atoms with Gasteiger partial charge in [-0.25, -0.2) is 9.78 Å². The third-order valence-corrected chi connectivity index (χ3v) is 6.88. The molecule has 3 heterocycles. The molecule has 2 unspecified atom stereocenters. The number of amides is 1. The van der Waals surface area contributed by atoms with Crippen molar-refractivity contribution < 1.29 is 24.2 Å². The molecule has 0 spiro atoms. The Morgan fingerprint density at radius 1 is 1.30 bits per heavy atom. The minimum atomic E-state index is -0.966. The van der Waals surface area contributed by atoms with Gasteiger partial charge in [-0.05, 0) is 58.1 Å². The summed E-state index contributed by atoms with van der Waals surface area (Å²) in [6, 6.07) is 11.7. The van der Waals surface area contributed by atoms with Crippen LogP contribution in [0.3, 0.4) is 0 Å². The zero-order valence-corrected chi connectivity index (χ0v) is 21.9. The van der Waals surface area contributed by atoms with Crippen LogP contribution in [0, 0.1) is 0 Å². The third-order valence-electron chi connectivity index (χ3n) is 6.88. The maximum atomic E-state index is 13.1. The van der Waals surface area contributed by atoms with E-state index in [0.717, 1.165) is 19.3 Å². The topological polar surface area (TPSA) is 115 Å². The molecule has 0 saturated carbocycles. The van der Waals surface area contributed by atoms with E-state index >= 15 is 0 Å². The lowest BCUT2D eigenvalue weighted by atomic mass is 10.0. The number of esters is 1. The van der Waals surface area contributed by atoms with E-state index in [4.69, 9.17) is 9.47 Å². The van der Waals surface area contributed by atoms with Crippen molar-refractivity contribution in [2.45, 2.75) is 70.7 Å². The second kappa shape index (κ2) is 11.3. The van der Waals surface area contributed by atoms with Crippen LogP contribution in [0.4, 0.5) is 11.4 Å². The molecule has 1 aromatic carbocycles. The summed E-state index contributed by atoms with van der Waals surface area (Å²) in [6.07, 6.45) is 4.13. The lowest BCUT2D eigenvalue weighted by Crippen LogP contribution is -2.39. The van der Waals surface area contributed by atoms with E-state index in [2.05, 4.69) is 27.8 Å². The predicted octanol–water partition coefficient (Wildman–Crippen LogP) is 4.14. The van der Waals surface area contributed by atoms with Crippen LogP contribution >= 0.6 is 0 Å². The van der Waals surface area contributed by atoms with Gasteiger partial charge in [0.15, 0.2) is 5.69 Å². The van der Waals surface area contributed by atoms with Gasteiger partial charge in [-0.2, -0.15) is 0 Å². The zero-order chi connectivity index (χ0) is 26.6. The molecule has 9 heteroatoms. The molecule has 1 aliphatic rings. The molecular weight excluding hydrogens is 472 g/mol. The minimum Gasteiger partial charge on any atom is -0.464 e. The number of aryl methyl sites for hydroxylation is 2. The molecule has 4 rings (SSSR count). The lowest BCUT2D eigenvalue weighted by Gasteiger charge is -2.27. The van der Waals surface area contributed by atoms with Crippen LogP contribution in [-0.2, 0) is 27.2 Å². The number of anilines is 2. The van der Waals surface area contributed by atoms with Gasteiger partial charge >= 0.3 is 5.97 Å². The van der Waals surface area contributed by atoms with Crippen molar-refractivity contribution >= 4 is 34.3 Å². The summed E-state index contributed by atoms with van der Waals surface area (Å²) in [5.41, 5.74) is 2.06. The highest BCUT2D eigenvalue weighted by molar-refractivity contribution is 6.12. The van der Waals surface area contributed by atoms with E-state index < -0.39 is 17.7 Å². The van der Waals surface area contributed by atoms with Crippen LogP contribution in [0.15, 0.2) is 42.6 Å². The summed E-state index contributed by atoms with van der Waals surface area (Å²) in [6.45, 7) is 6.36. The SMILES string of the molecule is COC(=O)c1c(NC(=O)C2CCCO2)c2cc(NC(C)C(C)(C)O)cnc2n1CCCc1ccccc1. The quantitative estimate of drug-likeness (QED) is 0.353. The monoisotopic (exact) mass is 508 g/mol.